The third kappa shape index (κ3) is 4.34. The number of rotatable bonds is 7. The van der Waals surface area contributed by atoms with Crippen molar-refractivity contribution >= 4 is 17.7 Å². The van der Waals surface area contributed by atoms with E-state index >= 15 is 0 Å². The maximum absolute atomic E-state index is 11.8. The van der Waals surface area contributed by atoms with Gasteiger partial charge in [-0.1, -0.05) is 30.0 Å². The molecule has 7 nitrogen and oxygen atoms in total. The average Bonchev–Trinajstić information content (AvgIpc) is 3.41. The number of aromatic nitrogens is 3. The molecule has 0 amide bonds. The highest BCUT2D eigenvalue weighted by atomic mass is 32.2. The number of hydrogen-bond donors (Lipinski definition) is 0. The number of furan rings is 1. The van der Waals surface area contributed by atoms with Crippen molar-refractivity contribution in [1.82, 2.24) is 14.8 Å². The van der Waals surface area contributed by atoms with E-state index in [9.17, 15) is 4.79 Å². The zero-order valence-corrected chi connectivity index (χ0v) is 18.2. The molecule has 0 aliphatic rings. The average molecular weight is 436 g/mol. The molecule has 2 aromatic heterocycles. The first-order valence-corrected chi connectivity index (χ1v) is 10.5. The van der Waals surface area contributed by atoms with Crippen LogP contribution in [-0.2, 0) is 10.5 Å². The fourth-order valence-corrected chi connectivity index (χ4v) is 3.98. The predicted molar refractivity (Wildman–Crippen MR) is 118 cm³/mol. The predicted octanol–water partition coefficient (Wildman–Crippen LogP) is 4.92. The lowest BCUT2D eigenvalue weighted by atomic mass is 10.2. The minimum atomic E-state index is -0.483. The van der Waals surface area contributed by atoms with Gasteiger partial charge in [0, 0.05) is 16.8 Å². The van der Waals surface area contributed by atoms with Gasteiger partial charge in [0.05, 0.1) is 20.0 Å². The van der Waals surface area contributed by atoms with Crippen LogP contribution in [0.4, 0.5) is 0 Å². The van der Waals surface area contributed by atoms with E-state index in [-0.39, 0.29) is 5.76 Å². The summed E-state index contributed by atoms with van der Waals surface area (Å²) in [5.41, 5.74) is 2.61. The number of para-hydroxylation sites is 1. The van der Waals surface area contributed by atoms with Crippen LogP contribution in [0, 0.1) is 6.92 Å². The highest BCUT2D eigenvalue weighted by Crippen LogP contribution is 2.31. The number of hydrogen-bond acceptors (Lipinski definition) is 7. The van der Waals surface area contributed by atoms with Gasteiger partial charge in [-0.05, 0) is 49.4 Å². The molecule has 2 heterocycles. The molecule has 31 heavy (non-hydrogen) atoms. The number of carbonyl (C=O) groups is 1. The lowest BCUT2D eigenvalue weighted by molar-refractivity contribution is 0.0562. The van der Waals surface area contributed by atoms with Crippen molar-refractivity contribution in [1.29, 1.82) is 0 Å². The summed E-state index contributed by atoms with van der Waals surface area (Å²) in [5.74, 6) is 2.40. The summed E-state index contributed by atoms with van der Waals surface area (Å²) in [5, 5.41) is 9.57. The Balaban J connectivity index is 1.66. The molecule has 2 aromatic carbocycles. The van der Waals surface area contributed by atoms with Crippen molar-refractivity contribution in [3.63, 3.8) is 0 Å². The number of nitrogens with zero attached hydrogens (tertiary/aromatic N) is 3. The largest absolute Gasteiger partial charge is 0.497 e. The Morgan fingerprint density at radius 3 is 2.48 bits per heavy atom. The summed E-state index contributed by atoms with van der Waals surface area (Å²) in [6.07, 6.45) is 0. The summed E-state index contributed by atoms with van der Waals surface area (Å²) in [6.45, 7) is 1.82. The highest BCUT2D eigenvalue weighted by Gasteiger charge is 2.19. The van der Waals surface area contributed by atoms with E-state index in [1.165, 1.54) is 18.9 Å². The smallest absolute Gasteiger partial charge is 0.374 e. The van der Waals surface area contributed by atoms with Crippen LogP contribution in [0.15, 0.2) is 70.2 Å². The molecule has 158 valence electrons. The third-order valence-corrected chi connectivity index (χ3v) is 5.63. The molecule has 0 unspecified atom stereocenters. The first-order chi connectivity index (χ1) is 15.1. The number of aryl methyl sites for hydroxylation is 1. The Morgan fingerprint density at radius 1 is 1.06 bits per heavy atom. The second-order valence-corrected chi connectivity index (χ2v) is 7.65. The van der Waals surface area contributed by atoms with Gasteiger partial charge in [-0.3, -0.25) is 4.57 Å². The van der Waals surface area contributed by atoms with Crippen molar-refractivity contribution < 1.29 is 18.7 Å². The van der Waals surface area contributed by atoms with Crippen molar-refractivity contribution in [2.45, 2.75) is 17.8 Å². The first kappa shape index (κ1) is 20.7. The van der Waals surface area contributed by atoms with Gasteiger partial charge in [0.25, 0.3) is 0 Å². The molecule has 0 aliphatic heterocycles. The summed E-state index contributed by atoms with van der Waals surface area (Å²) in [6, 6.07) is 19.5. The molecule has 0 bridgehead atoms. The molecular formula is C23H21N3O4S. The Bertz CT molecular complexity index is 1180. The van der Waals surface area contributed by atoms with Crippen LogP contribution in [0.2, 0.25) is 0 Å². The van der Waals surface area contributed by atoms with E-state index in [4.69, 9.17) is 13.9 Å². The van der Waals surface area contributed by atoms with Crippen molar-refractivity contribution in [3.8, 4) is 22.8 Å². The summed E-state index contributed by atoms with van der Waals surface area (Å²) in [7, 11) is 2.97. The summed E-state index contributed by atoms with van der Waals surface area (Å²) >= 11 is 1.48. The Hall–Kier alpha value is -3.52. The fourth-order valence-electron chi connectivity index (χ4n) is 3.15. The minimum absolute atomic E-state index is 0.224. The van der Waals surface area contributed by atoms with Gasteiger partial charge in [0.15, 0.2) is 11.0 Å². The maximum atomic E-state index is 11.8. The molecule has 0 radical (unpaired) electrons. The van der Waals surface area contributed by atoms with Gasteiger partial charge in [-0.25, -0.2) is 4.79 Å². The van der Waals surface area contributed by atoms with Gasteiger partial charge in [0.2, 0.25) is 5.76 Å². The van der Waals surface area contributed by atoms with Crippen molar-refractivity contribution in [2.24, 2.45) is 0 Å². The molecule has 0 saturated carbocycles. The van der Waals surface area contributed by atoms with Crippen molar-refractivity contribution in [2.75, 3.05) is 14.2 Å². The van der Waals surface area contributed by atoms with Crippen molar-refractivity contribution in [3.05, 3.63) is 77.7 Å². The van der Waals surface area contributed by atoms with Gasteiger partial charge in [-0.15, -0.1) is 10.2 Å². The monoisotopic (exact) mass is 435 g/mol. The molecule has 8 heteroatoms. The molecule has 0 atom stereocenters. The normalized spacial score (nSPS) is 10.8. The van der Waals surface area contributed by atoms with Crippen LogP contribution < -0.4 is 4.74 Å². The van der Waals surface area contributed by atoms with E-state index in [1.54, 1.807) is 7.11 Å². The number of methoxy groups -OCH3 is 2. The molecule has 4 aromatic rings. The van der Waals surface area contributed by atoms with E-state index < -0.39 is 5.97 Å². The Kier molecular flexibility index (Phi) is 6.08. The topological polar surface area (TPSA) is 79.4 Å². The van der Waals surface area contributed by atoms with Crippen LogP contribution in [0.3, 0.4) is 0 Å². The number of esters is 1. The number of carbonyl (C=O) groups excluding carboxylic acids is 1. The minimum Gasteiger partial charge on any atom is -0.497 e. The number of ether oxygens (including phenoxy) is 2. The summed E-state index contributed by atoms with van der Waals surface area (Å²) < 4.78 is 17.7. The molecule has 4 rings (SSSR count). The van der Waals surface area contributed by atoms with Crippen LogP contribution in [0.25, 0.3) is 17.1 Å². The van der Waals surface area contributed by atoms with Crippen LogP contribution in [0.1, 0.15) is 21.9 Å². The van der Waals surface area contributed by atoms with Crippen LogP contribution in [-0.4, -0.2) is 35.0 Å². The van der Waals surface area contributed by atoms with Crippen LogP contribution >= 0.6 is 11.8 Å². The Morgan fingerprint density at radius 2 is 1.81 bits per heavy atom. The molecular weight excluding hydrogens is 414 g/mol. The van der Waals surface area contributed by atoms with Gasteiger partial charge in [-0.2, -0.15) is 0 Å². The zero-order chi connectivity index (χ0) is 21.8. The van der Waals surface area contributed by atoms with Gasteiger partial charge < -0.3 is 13.9 Å². The molecule has 0 fully saturated rings. The molecule has 0 spiro atoms. The number of thioether (sulfide) groups is 1. The summed E-state index contributed by atoms with van der Waals surface area (Å²) in [4.78, 5) is 11.8. The van der Waals surface area contributed by atoms with E-state index in [2.05, 4.69) is 10.2 Å². The standard InChI is InChI=1S/C23H21N3O4S/c1-15-13-19(30-20(15)22(27)29-3)14-31-23-25-24-21(16-9-11-18(28-2)12-10-16)26(23)17-7-5-4-6-8-17/h4-13H,14H2,1-3H3. The van der Waals surface area contributed by atoms with E-state index in [1.807, 2.05) is 72.2 Å². The fraction of sp³-hybridized carbons (Fsp3) is 0.174. The quantitative estimate of drug-likeness (QED) is 0.301. The molecule has 0 saturated heterocycles. The zero-order valence-electron chi connectivity index (χ0n) is 17.4. The highest BCUT2D eigenvalue weighted by molar-refractivity contribution is 7.98. The van der Waals surface area contributed by atoms with Gasteiger partial charge >= 0.3 is 5.97 Å². The lowest BCUT2D eigenvalue weighted by Gasteiger charge is -2.10. The Labute approximate surface area is 184 Å². The SMILES string of the molecule is COC(=O)c1oc(CSc2nnc(-c3ccc(OC)cc3)n2-c2ccccc2)cc1C. The third-order valence-electron chi connectivity index (χ3n) is 4.68. The van der Waals surface area contributed by atoms with Gasteiger partial charge in [0.1, 0.15) is 11.5 Å². The molecule has 0 N–H and O–H groups in total. The van der Waals surface area contributed by atoms with Crippen LogP contribution in [0.5, 0.6) is 5.75 Å². The maximum Gasteiger partial charge on any atom is 0.374 e. The van der Waals surface area contributed by atoms with E-state index in [0.29, 0.717) is 16.7 Å². The first-order valence-electron chi connectivity index (χ1n) is 9.56. The second-order valence-electron chi connectivity index (χ2n) is 6.71. The lowest BCUT2D eigenvalue weighted by Crippen LogP contribution is -2.00. The van der Waals surface area contributed by atoms with E-state index in [0.717, 1.165) is 28.4 Å². The second kappa shape index (κ2) is 9.09. The molecule has 0 aliphatic carbocycles. The number of benzene rings is 2.